The maximum absolute atomic E-state index is 12.2. The number of hydrogen-bond donors (Lipinski definition) is 3. The first-order valence-corrected chi connectivity index (χ1v) is 9.04. The first-order valence-electron chi connectivity index (χ1n) is 9.04. The molecule has 0 saturated heterocycles. The van der Waals surface area contributed by atoms with E-state index in [2.05, 4.69) is 25.1 Å². The number of aliphatic imine (C=N–C) groups is 1. The van der Waals surface area contributed by atoms with Crippen LogP contribution in [0.2, 0.25) is 0 Å². The number of nitrogens with one attached hydrogen (secondary N) is 1. The predicted molar refractivity (Wildman–Crippen MR) is 102 cm³/mol. The van der Waals surface area contributed by atoms with E-state index in [9.17, 15) is 18.7 Å². The van der Waals surface area contributed by atoms with Crippen LogP contribution in [-0.4, -0.2) is 51.8 Å². The third-order valence-electron chi connectivity index (χ3n) is 4.72. The number of nitrogens with two attached hydrogens (primary N) is 1. The quantitative estimate of drug-likeness (QED) is 0.602. The molecule has 1 fully saturated rings. The van der Waals surface area contributed by atoms with Crippen molar-refractivity contribution >= 4 is 23.6 Å². The minimum absolute atomic E-state index is 0.0373. The van der Waals surface area contributed by atoms with Gasteiger partial charge in [-0.05, 0) is 25.3 Å². The summed E-state index contributed by atoms with van der Waals surface area (Å²) in [5.41, 5.74) is 6.09. The fourth-order valence-electron chi connectivity index (χ4n) is 3.43. The number of primary amides is 1. The molecule has 156 valence electrons. The molecule has 3 atom stereocenters. The number of aliphatic hydroxyl groups is 1. The number of nitrogens with zero attached hydrogens (tertiary/aromatic N) is 4. The summed E-state index contributed by atoms with van der Waals surface area (Å²) in [5.74, 6) is -0.709. The highest BCUT2D eigenvalue weighted by atomic mass is 19.3. The Kier molecular flexibility index (Phi) is 6.37. The zero-order valence-electron chi connectivity index (χ0n) is 15.7. The standard InChI is InChI=1S/C18H22F2N6O3/c1-22-7-10-6-12(27)3-4-14(10)26-9-13(16(21)28)17(25-26)24-11-2-5-15(23-8-11)29-18(19)20/h2,5,7-10,12,14,18,27H,3-4,6H2,1H3,(H2,21,28)(H,24,25)/t10-,12-,14+/m1/s1. The highest BCUT2D eigenvalue weighted by Crippen LogP contribution is 2.34. The average Bonchev–Trinajstić information content (AvgIpc) is 3.07. The van der Waals surface area contributed by atoms with E-state index in [0.29, 0.717) is 24.9 Å². The number of halogens is 2. The van der Waals surface area contributed by atoms with Crippen molar-refractivity contribution in [1.82, 2.24) is 14.8 Å². The summed E-state index contributed by atoms with van der Waals surface area (Å²) in [6.07, 6.45) is 6.04. The Morgan fingerprint density at radius 2 is 2.28 bits per heavy atom. The Balaban J connectivity index is 1.84. The van der Waals surface area contributed by atoms with Gasteiger partial charge >= 0.3 is 6.61 Å². The molecule has 1 saturated carbocycles. The number of alkyl halides is 2. The second kappa shape index (κ2) is 8.95. The van der Waals surface area contributed by atoms with E-state index < -0.39 is 18.6 Å². The molecule has 11 heteroatoms. The fourth-order valence-corrected chi connectivity index (χ4v) is 3.43. The molecule has 0 spiro atoms. The number of anilines is 2. The smallest absolute Gasteiger partial charge is 0.388 e. The zero-order valence-corrected chi connectivity index (χ0v) is 15.7. The monoisotopic (exact) mass is 408 g/mol. The van der Waals surface area contributed by atoms with Crippen molar-refractivity contribution in [3.63, 3.8) is 0 Å². The van der Waals surface area contributed by atoms with E-state index in [0.717, 1.165) is 0 Å². The summed E-state index contributed by atoms with van der Waals surface area (Å²) < 4.78 is 30.3. The van der Waals surface area contributed by atoms with Crippen LogP contribution in [0.1, 0.15) is 35.7 Å². The lowest BCUT2D eigenvalue weighted by Gasteiger charge is -2.32. The summed E-state index contributed by atoms with van der Waals surface area (Å²) in [7, 11) is 1.66. The summed E-state index contributed by atoms with van der Waals surface area (Å²) in [5, 5.41) is 17.3. The van der Waals surface area contributed by atoms with Crippen molar-refractivity contribution in [3.8, 4) is 5.88 Å². The van der Waals surface area contributed by atoms with Crippen LogP contribution in [0.5, 0.6) is 5.88 Å². The van der Waals surface area contributed by atoms with E-state index in [-0.39, 0.29) is 29.2 Å². The molecule has 1 aliphatic carbocycles. The van der Waals surface area contributed by atoms with Gasteiger partial charge in [-0.25, -0.2) is 4.98 Å². The molecule has 2 aromatic heterocycles. The van der Waals surface area contributed by atoms with Gasteiger partial charge in [-0.2, -0.15) is 13.9 Å². The summed E-state index contributed by atoms with van der Waals surface area (Å²) in [6, 6.07) is 2.65. The maximum Gasteiger partial charge on any atom is 0.388 e. The Hall–Kier alpha value is -3.08. The normalized spacial score (nSPS) is 22.2. The van der Waals surface area contributed by atoms with Crippen LogP contribution in [0.4, 0.5) is 20.3 Å². The Labute approximate surface area is 165 Å². The van der Waals surface area contributed by atoms with Crippen LogP contribution < -0.4 is 15.8 Å². The molecule has 0 radical (unpaired) electrons. The first kappa shape index (κ1) is 20.6. The molecule has 4 N–H and O–H groups in total. The van der Waals surface area contributed by atoms with E-state index in [1.54, 1.807) is 24.1 Å². The van der Waals surface area contributed by atoms with Crippen LogP contribution in [0.3, 0.4) is 0 Å². The number of aliphatic hydroxyl groups excluding tert-OH is 1. The van der Waals surface area contributed by atoms with Gasteiger partial charge in [-0.1, -0.05) is 0 Å². The minimum atomic E-state index is -2.97. The van der Waals surface area contributed by atoms with Crippen LogP contribution in [0.15, 0.2) is 29.5 Å². The van der Waals surface area contributed by atoms with Gasteiger partial charge in [0.15, 0.2) is 5.82 Å². The van der Waals surface area contributed by atoms with E-state index >= 15 is 0 Å². The topological polar surface area (TPSA) is 128 Å². The molecule has 2 aromatic rings. The van der Waals surface area contributed by atoms with Gasteiger partial charge in [0.1, 0.15) is 5.56 Å². The SMILES string of the molecule is CN=C[C@H]1C[C@H](O)CC[C@@H]1n1cc(C(N)=O)c(Nc2ccc(OC(F)F)nc2)n1. The van der Waals surface area contributed by atoms with Gasteiger partial charge in [-0.15, -0.1) is 0 Å². The van der Waals surface area contributed by atoms with Crippen molar-refractivity contribution in [2.75, 3.05) is 12.4 Å². The highest BCUT2D eigenvalue weighted by Gasteiger charge is 2.31. The lowest BCUT2D eigenvalue weighted by Crippen LogP contribution is -2.31. The van der Waals surface area contributed by atoms with E-state index in [4.69, 9.17) is 5.73 Å². The van der Waals surface area contributed by atoms with Crippen LogP contribution in [0.25, 0.3) is 0 Å². The highest BCUT2D eigenvalue weighted by molar-refractivity contribution is 5.98. The molecule has 0 bridgehead atoms. The molecule has 29 heavy (non-hydrogen) atoms. The third kappa shape index (κ3) is 5.05. The molecule has 1 aliphatic rings. The number of ether oxygens (including phenoxy) is 1. The van der Waals surface area contributed by atoms with Crippen molar-refractivity contribution in [2.45, 2.75) is 38.0 Å². The summed E-state index contributed by atoms with van der Waals surface area (Å²) >= 11 is 0. The van der Waals surface area contributed by atoms with E-state index in [1.165, 1.54) is 18.3 Å². The van der Waals surface area contributed by atoms with Gasteiger partial charge in [0.2, 0.25) is 5.88 Å². The van der Waals surface area contributed by atoms with Gasteiger partial charge in [0.05, 0.1) is 24.0 Å². The number of carbonyl (C=O) groups is 1. The Bertz CT molecular complexity index is 871. The predicted octanol–water partition coefficient (Wildman–Crippen LogP) is 2.12. The maximum atomic E-state index is 12.2. The Morgan fingerprint density at radius 3 is 2.90 bits per heavy atom. The molecular formula is C18H22F2N6O3. The lowest BCUT2D eigenvalue weighted by molar-refractivity contribution is -0.0528. The number of carbonyl (C=O) groups excluding carboxylic acids is 1. The Morgan fingerprint density at radius 1 is 1.48 bits per heavy atom. The van der Waals surface area contributed by atoms with Gasteiger partial charge in [-0.3, -0.25) is 9.48 Å². The van der Waals surface area contributed by atoms with Gasteiger partial charge in [0, 0.05) is 31.4 Å². The molecular weight excluding hydrogens is 386 g/mol. The number of aromatic nitrogens is 3. The van der Waals surface area contributed by atoms with Crippen molar-refractivity contribution in [1.29, 1.82) is 0 Å². The molecule has 2 heterocycles. The van der Waals surface area contributed by atoms with Crippen molar-refractivity contribution in [2.24, 2.45) is 16.6 Å². The van der Waals surface area contributed by atoms with Gasteiger partial charge in [0.25, 0.3) is 5.91 Å². The third-order valence-corrected chi connectivity index (χ3v) is 4.72. The minimum Gasteiger partial charge on any atom is -0.417 e. The number of hydrogen-bond acceptors (Lipinski definition) is 7. The zero-order chi connectivity index (χ0) is 21.0. The molecule has 9 nitrogen and oxygen atoms in total. The first-order chi connectivity index (χ1) is 13.9. The van der Waals surface area contributed by atoms with Crippen LogP contribution in [0, 0.1) is 5.92 Å². The largest absolute Gasteiger partial charge is 0.417 e. The second-order valence-electron chi connectivity index (χ2n) is 6.73. The average molecular weight is 408 g/mol. The van der Waals surface area contributed by atoms with Crippen molar-refractivity contribution in [3.05, 3.63) is 30.1 Å². The fraction of sp³-hybridized carbons (Fsp3) is 0.444. The molecule has 0 aliphatic heterocycles. The number of rotatable bonds is 7. The number of amides is 1. The van der Waals surface area contributed by atoms with Crippen LogP contribution in [-0.2, 0) is 0 Å². The lowest BCUT2D eigenvalue weighted by atomic mass is 9.83. The van der Waals surface area contributed by atoms with Crippen LogP contribution >= 0.6 is 0 Å². The van der Waals surface area contributed by atoms with E-state index in [1.807, 2.05) is 0 Å². The molecule has 0 aromatic carbocycles. The van der Waals surface area contributed by atoms with Crippen molar-refractivity contribution < 1.29 is 23.4 Å². The second-order valence-corrected chi connectivity index (χ2v) is 6.73. The van der Waals surface area contributed by atoms with Gasteiger partial charge < -0.3 is 25.9 Å². The molecule has 0 unspecified atom stereocenters. The number of pyridine rings is 1. The summed E-state index contributed by atoms with van der Waals surface area (Å²) in [6.45, 7) is -2.97. The summed E-state index contributed by atoms with van der Waals surface area (Å²) in [4.78, 5) is 19.7. The molecule has 3 rings (SSSR count). The molecule has 1 amide bonds.